The van der Waals surface area contributed by atoms with Crippen molar-refractivity contribution in [3.8, 4) is 11.8 Å². The molecule has 1 fully saturated rings. The number of benzene rings is 1. The van der Waals surface area contributed by atoms with Gasteiger partial charge in [-0.2, -0.15) is 0 Å². The summed E-state index contributed by atoms with van der Waals surface area (Å²) in [7, 11) is 1.88. The minimum Gasteiger partial charge on any atom is -0.395 e. The van der Waals surface area contributed by atoms with Crippen LogP contribution in [-0.2, 0) is 0 Å². The van der Waals surface area contributed by atoms with Crippen LogP contribution in [-0.4, -0.2) is 36.1 Å². The molecule has 1 saturated carbocycles. The molecule has 2 rings (SSSR count). The van der Waals surface area contributed by atoms with E-state index in [9.17, 15) is 4.79 Å². The maximum absolute atomic E-state index is 12.6. The highest BCUT2D eigenvalue weighted by Gasteiger charge is 2.22. The molecular weight excluding hydrogens is 262 g/mol. The summed E-state index contributed by atoms with van der Waals surface area (Å²) in [6, 6.07) is 5.66. The second-order valence-corrected chi connectivity index (χ2v) is 5.74. The second kappa shape index (κ2) is 7.28. The zero-order valence-electron chi connectivity index (χ0n) is 12.9. The predicted molar refractivity (Wildman–Crippen MR) is 84.1 cm³/mol. The first-order valence-corrected chi connectivity index (χ1v) is 7.58. The van der Waals surface area contributed by atoms with Gasteiger partial charge < -0.3 is 10.0 Å². The summed E-state index contributed by atoms with van der Waals surface area (Å²) < 4.78 is 0. The lowest BCUT2D eigenvalue weighted by atomic mass is 9.85. The number of amides is 1. The van der Waals surface area contributed by atoms with E-state index in [1.165, 1.54) is 19.3 Å². The van der Waals surface area contributed by atoms with Crippen LogP contribution in [0.1, 0.15) is 47.2 Å². The predicted octanol–water partition coefficient (Wildman–Crippen LogP) is 2.60. The molecule has 0 radical (unpaired) electrons. The lowest BCUT2D eigenvalue weighted by Gasteiger charge is -2.30. The van der Waals surface area contributed by atoms with Crippen LogP contribution in [0.2, 0.25) is 0 Å². The summed E-state index contributed by atoms with van der Waals surface area (Å²) in [5.41, 5.74) is 2.52. The van der Waals surface area contributed by atoms with Gasteiger partial charge in [0.05, 0.1) is 6.61 Å². The number of aliphatic hydroxyl groups is 1. The van der Waals surface area contributed by atoms with E-state index in [2.05, 4.69) is 11.8 Å². The van der Waals surface area contributed by atoms with Crippen molar-refractivity contribution < 1.29 is 9.90 Å². The smallest absolute Gasteiger partial charge is 0.253 e. The van der Waals surface area contributed by atoms with Crippen molar-refractivity contribution in [3.05, 3.63) is 34.9 Å². The molecule has 0 spiro atoms. The molecule has 1 aromatic carbocycles. The summed E-state index contributed by atoms with van der Waals surface area (Å²) in [5, 5.41) is 8.78. The van der Waals surface area contributed by atoms with Gasteiger partial charge in [0.1, 0.15) is 0 Å². The summed E-state index contributed by atoms with van der Waals surface area (Å²) >= 11 is 0. The van der Waals surface area contributed by atoms with Crippen molar-refractivity contribution >= 4 is 5.91 Å². The topological polar surface area (TPSA) is 40.5 Å². The van der Waals surface area contributed by atoms with E-state index in [0.29, 0.717) is 12.3 Å². The quantitative estimate of drug-likeness (QED) is 0.864. The standard InChI is InChI=1S/C18H23NO2/c1-14-16(9-3-4-12-20)10-6-11-17(14)18(21)19(2)13-15-7-5-8-15/h6,10-11,15,20H,4-5,7-8,12-13H2,1-2H3. The minimum absolute atomic E-state index is 0.0643. The van der Waals surface area contributed by atoms with Crippen molar-refractivity contribution in [3.63, 3.8) is 0 Å². The first-order valence-electron chi connectivity index (χ1n) is 7.58. The fourth-order valence-corrected chi connectivity index (χ4v) is 2.57. The molecule has 3 nitrogen and oxygen atoms in total. The van der Waals surface area contributed by atoms with E-state index in [0.717, 1.165) is 23.2 Å². The zero-order chi connectivity index (χ0) is 15.2. The van der Waals surface area contributed by atoms with E-state index in [1.54, 1.807) is 0 Å². The lowest BCUT2D eigenvalue weighted by molar-refractivity contribution is 0.0744. The molecule has 112 valence electrons. The molecular formula is C18H23NO2. The molecule has 0 aromatic heterocycles. The van der Waals surface area contributed by atoms with Gasteiger partial charge >= 0.3 is 0 Å². The fraction of sp³-hybridized carbons (Fsp3) is 0.500. The number of hydrogen-bond acceptors (Lipinski definition) is 2. The van der Waals surface area contributed by atoms with Crippen molar-refractivity contribution in [2.24, 2.45) is 5.92 Å². The van der Waals surface area contributed by atoms with Crippen LogP contribution >= 0.6 is 0 Å². The van der Waals surface area contributed by atoms with Crippen molar-refractivity contribution in [1.29, 1.82) is 0 Å². The highest BCUT2D eigenvalue weighted by Crippen LogP contribution is 2.27. The van der Waals surface area contributed by atoms with E-state index in [1.807, 2.05) is 37.1 Å². The highest BCUT2D eigenvalue weighted by atomic mass is 16.2. The normalized spacial score (nSPS) is 14.0. The van der Waals surface area contributed by atoms with Crippen LogP contribution in [0, 0.1) is 24.7 Å². The Morgan fingerprint density at radius 1 is 1.43 bits per heavy atom. The van der Waals surface area contributed by atoms with Crippen molar-refractivity contribution in [1.82, 2.24) is 4.90 Å². The molecule has 1 aliphatic rings. The van der Waals surface area contributed by atoms with Gasteiger partial charge in [-0.1, -0.05) is 24.3 Å². The third kappa shape index (κ3) is 3.86. The molecule has 0 bridgehead atoms. The van der Waals surface area contributed by atoms with Gasteiger partial charge in [-0.25, -0.2) is 0 Å². The third-order valence-electron chi connectivity index (χ3n) is 4.13. The first kappa shape index (κ1) is 15.6. The Hall–Kier alpha value is -1.79. The Morgan fingerprint density at radius 2 is 2.19 bits per heavy atom. The molecule has 0 unspecified atom stereocenters. The summed E-state index contributed by atoms with van der Waals surface area (Å²) in [4.78, 5) is 14.4. The van der Waals surface area contributed by atoms with Gasteiger partial charge in [-0.05, 0) is 43.4 Å². The molecule has 1 amide bonds. The fourth-order valence-electron chi connectivity index (χ4n) is 2.57. The maximum atomic E-state index is 12.6. The van der Waals surface area contributed by atoms with E-state index >= 15 is 0 Å². The van der Waals surface area contributed by atoms with Crippen molar-refractivity contribution in [2.75, 3.05) is 20.2 Å². The molecule has 1 aliphatic carbocycles. The number of carbonyl (C=O) groups is 1. The van der Waals surface area contributed by atoms with E-state index < -0.39 is 0 Å². The second-order valence-electron chi connectivity index (χ2n) is 5.74. The SMILES string of the molecule is Cc1c(C#CCCO)cccc1C(=O)N(C)CC1CCC1. The van der Waals surface area contributed by atoms with E-state index in [4.69, 9.17) is 5.11 Å². The van der Waals surface area contributed by atoms with Crippen LogP contribution < -0.4 is 0 Å². The van der Waals surface area contributed by atoms with Gasteiger partial charge in [0.15, 0.2) is 0 Å². The molecule has 0 aliphatic heterocycles. The monoisotopic (exact) mass is 285 g/mol. The van der Waals surface area contributed by atoms with Crippen LogP contribution in [0.3, 0.4) is 0 Å². The zero-order valence-corrected chi connectivity index (χ0v) is 12.9. The Morgan fingerprint density at radius 3 is 2.81 bits per heavy atom. The maximum Gasteiger partial charge on any atom is 0.253 e. The molecule has 3 heteroatoms. The molecule has 0 saturated heterocycles. The van der Waals surface area contributed by atoms with Gasteiger partial charge in [0.25, 0.3) is 5.91 Å². The van der Waals surface area contributed by atoms with Gasteiger partial charge in [-0.15, -0.1) is 0 Å². The Balaban J connectivity index is 2.13. The Kier molecular flexibility index (Phi) is 5.41. The lowest BCUT2D eigenvalue weighted by Crippen LogP contribution is -2.34. The number of nitrogens with zero attached hydrogens (tertiary/aromatic N) is 1. The highest BCUT2D eigenvalue weighted by molar-refractivity contribution is 5.96. The largest absolute Gasteiger partial charge is 0.395 e. The van der Waals surface area contributed by atoms with Crippen LogP contribution in [0.25, 0.3) is 0 Å². The summed E-state index contributed by atoms with van der Waals surface area (Å²) in [6.07, 6.45) is 4.23. The summed E-state index contributed by atoms with van der Waals surface area (Å²) in [6.45, 7) is 2.85. The number of aliphatic hydroxyl groups excluding tert-OH is 1. The van der Waals surface area contributed by atoms with Gasteiger partial charge in [0, 0.05) is 31.1 Å². The number of rotatable bonds is 4. The minimum atomic E-state index is 0.0643. The van der Waals surface area contributed by atoms with Crippen LogP contribution in [0.15, 0.2) is 18.2 Å². The van der Waals surface area contributed by atoms with Gasteiger partial charge in [-0.3, -0.25) is 4.79 Å². The average Bonchev–Trinajstić information content (AvgIpc) is 2.44. The van der Waals surface area contributed by atoms with Gasteiger partial charge in [0.2, 0.25) is 0 Å². The van der Waals surface area contributed by atoms with Crippen LogP contribution in [0.4, 0.5) is 0 Å². The molecule has 1 aromatic rings. The number of carbonyl (C=O) groups excluding carboxylic acids is 1. The molecule has 0 heterocycles. The third-order valence-corrected chi connectivity index (χ3v) is 4.13. The first-order chi connectivity index (χ1) is 10.1. The Bertz CT molecular complexity index is 564. The Labute approximate surface area is 127 Å². The number of hydrogen-bond donors (Lipinski definition) is 1. The van der Waals surface area contributed by atoms with E-state index in [-0.39, 0.29) is 12.5 Å². The molecule has 21 heavy (non-hydrogen) atoms. The molecule has 1 N–H and O–H groups in total. The van der Waals surface area contributed by atoms with Crippen LogP contribution in [0.5, 0.6) is 0 Å². The average molecular weight is 285 g/mol. The summed E-state index contributed by atoms with van der Waals surface area (Å²) in [5.74, 6) is 6.69. The van der Waals surface area contributed by atoms with Crippen molar-refractivity contribution in [2.45, 2.75) is 32.6 Å². The molecule has 0 atom stereocenters.